The average molecular weight is 1060 g/mol. The monoisotopic (exact) mass is 1060 g/mol. The molecule has 0 heterocycles. The predicted molar refractivity (Wildman–Crippen MR) is 236 cm³/mol. The summed E-state index contributed by atoms with van der Waals surface area (Å²) in [7, 11) is 0. The highest BCUT2D eigenvalue weighted by molar-refractivity contribution is 5.79. The van der Waals surface area contributed by atoms with Gasteiger partial charge in [0.15, 0.2) is 0 Å². The van der Waals surface area contributed by atoms with Gasteiger partial charge in [-0.1, -0.05) is 39.8 Å². The molecule has 0 saturated carbocycles. The first-order valence-electron chi connectivity index (χ1n) is 21.7. The molecule has 0 aliphatic heterocycles. The van der Waals surface area contributed by atoms with Crippen molar-refractivity contribution in [2.75, 3.05) is 0 Å². The molecule has 6 aromatic carbocycles. The molecule has 6 nitrogen and oxygen atoms in total. The SMILES string of the molecule is CC(C)CC(C(=O)O)c1cc(Oc2cc(F)cc(F)c2)cc(-c2cc(C(F)(F)F)cc(C(F)(F)F)c2)c1.CC(C)CC(C(=O)O)c1cc(Oc2cc(F)cc(F)c2)cc(-c2cc(C(F)(F)F)cc(C(F)(F)F)c2)c1. The van der Waals surface area contributed by atoms with Gasteiger partial charge in [0.25, 0.3) is 0 Å². The number of hydrogen-bond donors (Lipinski definition) is 2. The molecular weight excluding hydrogens is 1020 g/mol. The largest absolute Gasteiger partial charge is 0.481 e. The van der Waals surface area contributed by atoms with E-state index in [4.69, 9.17) is 9.47 Å². The average Bonchev–Trinajstić information content (AvgIpc) is 3.25. The van der Waals surface area contributed by atoms with E-state index in [0.29, 0.717) is 36.4 Å². The van der Waals surface area contributed by atoms with Gasteiger partial charge >= 0.3 is 36.6 Å². The van der Waals surface area contributed by atoms with Crippen molar-refractivity contribution in [3.8, 4) is 45.3 Å². The number of benzene rings is 6. The van der Waals surface area contributed by atoms with Crippen LogP contribution >= 0.6 is 0 Å². The Bertz CT molecular complexity index is 2690. The molecule has 0 aromatic heterocycles. The van der Waals surface area contributed by atoms with Crippen molar-refractivity contribution in [1.82, 2.24) is 0 Å². The van der Waals surface area contributed by atoms with Gasteiger partial charge < -0.3 is 19.7 Å². The third kappa shape index (κ3) is 15.9. The summed E-state index contributed by atoms with van der Waals surface area (Å²) in [4.78, 5) is 24.0. The molecule has 2 unspecified atom stereocenters. The molecule has 0 saturated heterocycles. The maximum absolute atomic E-state index is 13.6. The fraction of sp³-hybridized carbons (Fsp3) is 0.269. The number of carbonyl (C=O) groups is 2. The molecule has 0 bridgehead atoms. The number of rotatable bonds is 14. The van der Waals surface area contributed by atoms with Crippen LogP contribution in [0.2, 0.25) is 0 Å². The summed E-state index contributed by atoms with van der Waals surface area (Å²) in [5.41, 5.74) is -7.63. The van der Waals surface area contributed by atoms with Gasteiger partial charge in [0.1, 0.15) is 46.3 Å². The zero-order chi connectivity index (χ0) is 55.4. The van der Waals surface area contributed by atoms with Crippen LogP contribution in [-0.4, -0.2) is 22.2 Å². The van der Waals surface area contributed by atoms with Crippen molar-refractivity contribution in [1.29, 1.82) is 0 Å². The Labute approximate surface area is 410 Å². The predicted octanol–water partition coefficient (Wildman–Crippen LogP) is 17.4. The second-order valence-electron chi connectivity index (χ2n) is 17.6. The van der Waals surface area contributed by atoms with E-state index >= 15 is 0 Å². The van der Waals surface area contributed by atoms with Gasteiger partial charge in [-0.15, -0.1) is 0 Å². The minimum Gasteiger partial charge on any atom is -0.481 e. The molecule has 2 atom stereocenters. The van der Waals surface area contributed by atoms with Gasteiger partial charge in [0, 0.05) is 36.4 Å². The Morgan fingerprint density at radius 3 is 0.851 bits per heavy atom. The minimum absolute atomic E-state index is 0.0246. The summed E-state index contributed by atoms with van der Waals surface area (Å²) in [6.07, 6.45) is -20.2. The molecule has 6 rings (SSSR count). The summed E-state index contributed by atoms with van der Waals surface area (Å²) in [5, 5.41) is 19.5. The van der Waals surface area contributed by atoms with Crippen LogP contribution < -0.4 is 9.47 Å². The van der Waals surface area contributed by atoms with Crippen LogP contribution in [0.1, 0.15) is 85.8 Å². The molecule has 22 heteroatoms. The summed E-state index contributed by atoms with van der Waals surface area (Å²) in [6, 6.07) is 13.2. The highest BCUT2D eigenvalue weighted by Gasteiger charge is 2.39. The highest BCUT2D eigenvalue weighted by Crippen LogP contribution is 2.43. The van der Waals surface area contributed by atoms with Crippen LogP contribution in [0.3, 0.4) is 0 Å². The number of ether oxygens (including phenoxy) is 2. The molecular formula is C52H40F16O6. The third-order valence-electron chi connectivity index (χ3n) is 10.7. The van der Waals surface area contributed by atoms with Gasteiger partial charge in [-0.2, -0.15) is 52.7 Å². The van der Waals surface area contributed by atoms with Crippen molar-refractivity contribution in [3.63, 3.8) is 0 Å². The highest BCUT2D eigenvalue weighted by atomic mass is 19.4. The fourth-order valence-electron chi connectivity index (χ4n) is 7.49. The first-order chi connectivity index (χ1) is 34.0. The Morgan fingerprint density at radius 2 is 0.622 bits per heavy atom. The molecule has 0 fully saturated rings. The van der Waals surface area contributed by atoms with E-state index < -0.39 is 105 Å². The lowest BCUT2D eigenvalue weighted by atomic mass is 9.88. The molecule has 6 aromatic rings. The zero-order valence-corrected chi connectivity index (χ0v) is 38.7. The minimum atomic E-state index is -5.10. The summed E-state index contributed by atoms with van der Waals surface area (Å²) in [5.74, 6) is -10.4. The third-order valence-corrected chi connectivity index (χ3v) is 10.7. The van der Waals surface area contributed by atoms with E-state index in [1.165, 1.54) is 12.1 Å². The molecule has 0 radical (unpaired) electrons. The Kier molecular flexibility index (Phi) is 17.5. The number of halogens is 16. The summed E-state index contributed by atoms with van der Waals surface area (Å²) < 4.78 is 226. The van der Waals surface area contributed by atoms with Crippen LogP contribution in [-0.2, 0) is 34.3 Å². The smallest absolute Gasteiger partial charge is 0.416 e. The number of aliphatic carboxylic acids is 2. The van der Waals surface area contributed by atoms with Crippen molar-refractivity contribution in [2.45, 2.75) is 77.1 Å². The molecule has 2 N–H and O–H groups in total. The lowest BCUT2D eigenvalue weighted by Crippen LogP contribution is -2.14. The first kappa shape index (κ1) is 57.6. The van der Waals surface area contributed by atoms with Crippen LogP contribution in [0.5, 0.6) is 23.0 Å². The van der Waals surface area contributed by atoms with Crippen molar-refractivity contribution < 1.29 is 99.5 Å². The maximum Gasteiger partial charge on any atom is 0.416 e. The van der Waals surface area contributed by atoms with Crippen LogP contribution in [0.4, 0.5) is 70.2 Å². The number of carboxylic acids is 2. The van der Waals surface area contributed by atoms with Crippen molar-refractivity contribution in [2.24, 2.45) is 11.8 Å². The normalized spacial score (nSPS) is 13.1. The van der Waals surface area contributed by atoms with E-state index in [0.717, 1.165) is 48.5 Å². The lowest BCUT2D eigenvalue weighted by Gasteiger charge is -2.19. The standard InChI is InChI=1S/2C26H20F8O3/c2*1-13(2)3-23(24(35)36)16-4-14(7-21(8-16)37-22-11-19(27)10-20(28)12-22)15-5-17(25(29,30)31)9-18(6-15)26(32,33)34/h2*4-13,23H,3H2,1-2H3,(H,35,36). The fourth-order valence-corrected chi connectivity index (χ4v) is 7.49. The maximum atomic E-state index is 13.6. The van der Waals surface area contributed by atoms with E-state index in [-0.39, 0.29) is 82.1 Å². The van der Waals surface area contributed by atoms with E-state index in [9.17, 15) is 90.0 Å². The Balaban J connectivity index is 0.000000274. The second-order valence-corrected chi connectivity index (χ2v) is 17.6. The van der Waals surface area contributed by atoms with E-state index in [1.807, 2.05) is 0 Å². The van der Waals surface area contributed by atoms with Gasteiger partial charge in [0.2, 0.25) is 0 Å². The molecule has 0 aliphatic carbocycles. The quantitative estimate of drug-likeness (QED) is 0.106. The number of carboxylic acid groups (broad SMARTS) is 2. The molecule has 0 spiro atoms. The first-order valence-corrected chi connectivity index (χ1v) is 21.7. The topological polar surface area (TPSA) is 93.1 Å². The van der Waals surface area contributed by atoms with Gasteiger partial charge in [-0.25, -0.2) is 17.6 Å². The van der Waals surface area contributed by atoms with Crippen molar-refractivity contribution >= 4 is 11.9 Å². The number of hydrogen-bond acceptors (Lipinski definition) is 4. The zero-order valence-electron chi connectivity index (χ0n) is 38.7. The molecule has 0 aliphatic rings. The van der Waals surface area contributed by atoms with E-state index in [2.05, 4.69) is 0 Å². The van der Waals surface area contributed by atoms with E-state index in [1.54, 1.807) is 27.7 Å². The summed E-state index contributed by atoms with van der Waals surface area (Å²) in [6.45, 7) is 6.93. The number of alkyl halides is 12. The molecule has 396 valence electrons. The van der Waals surface area contributed by atoms with Crippen LogP contribution in [0, 0.1) is 35.1 Å². The van der Waals surface area contributed by atoms with Gasteiger partial charge in [-0.05, 0) is 119 Å². The van der Waals surface area contributed by atoms with Crippen LogP contribution in [0.15, 0.2) is 109 Å². The lowest BCUT2D eigenvalue weighted by molar-refractivity contribution is -0.144. The molecule has 0 amide bonds. The second kappa shape index (κ2) is 22.5. The van der Waals surface area contributed by atoms with Crippen molar-refractivity contribution in [3.05, 3.63) is 166 Å². The Morgan fingerprint density at radius 1 is 0.378 bits per heavy atom. The van der Waals surface area contributed by atoms with Gasteiger partial charge in [-0.3, -0.25) is 9.59 Å². The Hall–Kier alpha value is -7.26. The molecule has 74 heavy (non-hydrogen) atoms. The van der Waals surface area contributed by atoms with Crippen LogP contribution in [0.25, 0.3) is 22.3 Å². The van der Waals surface area contributed by atoms with Gasteiger partial charge in [0.05, 0.1) is 34.1 Å². The summed E-state index contributed by atoms with van der Waals surface area (Å²) >= 11 is 0.